The zero-order chi connectivity index (χ0) is 25.2. The second kappa shape index (κ2) is 10.1. The van der Waals surface area contributed by atoms with Crippen LogP contribution in [0.4, 0.5) is 17.5 Å². The lowest BCUT2D eigenvalue weighted by atomic mass is 9.97. The van der Waals surface area contributed by atoms with E-state index >= 15 is 0 Å². The van der Waals surface area contributed by atoms with Gasteiger partial charge >= 0.3 is 0 Å². The predicted molar refractivity (Wildman–Crippen MR) is 150 cm³/mol. The van der Waals surface area contributed by atoms with Gasteiger partial charge in [0.15, 0.2) is 0 Å². The average molecular weight is 477 g/mol. The first-order valence-corrected chi connectivity index (χ1v) is 13.0. The van der Waals surface area contributed by atoms with Gasteiger partial charge < -0.3 is 9.80 Å². The molecule has 0 fully saturated rings. The summed E-state index contributed by atoms with van der Waals surface area (Å²) in [4.78, 5) is 15.1. The van der Waals surface area contributed by atoms with Gasteiger partial charge in [-0.25, -0.2) is 4.98 Å². The monoisotopic (exact) mass is 476 g/mol. The van der Waals surface area contributed by atoms with Crippen molar-refractivity contribution in [2.24, 2.45) is 0 Å². The summed E-state index contributed by atoms with van der Waals surface area (Å²) in [6, 6.07) is 26.4. The molecule has 4 nitrogen and oxygen atoms in total. The summed E-state index contributed by atoms with van der Waals surface area (Å²) in [5, 5.41) is 0. The molecule has 0 spiro atoms. The molecule has 36 heavy (non-hydrogen) atoms. The number of rotatable bonds is 7. The molecule has 0 aliphatic carbocycles. The summed E-state index contributed by atoms with van der Waals surface area (Å²) < 4.78 is 0. The number of hydrogen-bond donors (Lipinski definition) is 0. The van der Waals surface area contributed by atoms with Gasteiger partial charge in [-0.1, -0.05) is 78.4 Å². The van der Waals surface area contributed by atoms with Gasteiger partial charge in [0.1, 0.15) is 5.82 Å². The SMILES string of the molecule is CCN(c1nc(C)c2c(n1)N(C(Cc1ccccc1)c1ccccc1)CC2)c1c(C)cc(C)cc1C. The van der Waals surface area contributed by atoms with Crippen LogP contribution in [0.3, 0.4) is 0 Å². The molecule has 0 radical (unpaired) electrons. The largest absolute Gasteiger partial charge is 0.348 e. The molecule has 0 saturated carbocycles. The standard InChI is InChI=1S/C32H36N4/c1-6-35(30-23(3)19-22(2)20-24(30)4)32-33-25(5)28-17-18-36(31(28)34-32)29(27-15-11-8-12-16-27)21-26-13-9-7-10-14-26/h7-16,19-20,29H,6,17-18,21H2,1-5H3. The Balaban J connectivity index is 1.59. The number of aromatic nitrogens is 2. The van der Waals surface area contributed by atoms with Gasteiger partial charge in [-0.15, -0.1) is 0 Å². The molecule has 184 valence electrons. The maximum atomic E-state index is 5.28. The van der Waals surface area contributed by atoms with E-state index in [1.165, 1.54) is 39.1 Å². The van der Waals surface area contributed by atoms with Crippen molar-refractivity contribution in [3.8, 4) is 0 Å². The molecule has 1 unspecified atom stereocenters. The molecule has 1 aliphatic rings. The van der Waals surface area contributed by atoms with Crippen molar-refractivity contribution >= 4 is 17.5 Å². The fourth-order valence-corrected chi connectivity index (χ4v) is 5.78. The van der Waals surface area contributed by atoms with E-state index < -0.39 is 0 Å². The Hall–Kier alpha value is -3.66. The lowest BCUT2D eigenvalue weighted by Crippen LogP contribution is -2.30. The topological polar surface area (TPSA) is 32.3 Å². The Kier molecular flexibility index (Phi) is 6.77. The molecule has 5 rings (SSSR count). The van der Waals surface area contributed by atoms with Crippen LogP contribution in [0.5, 0.6) is 0 Å². The lowest BCUT2D eigenvalue weighted by molar-refractivity contribution is 0.630. The molecule has 0 bridgehead atoms. The zero-order valence-corrected chi connectivity index (χ0v) is 22.1. The third-order valence-corrected chi connectivity index (χ3v) is 7.35. The van der Waals surface area contributed by atoms with Crippen molar-refractivity contribution in [1.29, 1.82) is 0 Å². The number of fused-ring (bicyclic) bond motifs is 1. The van der Waals surface area contributed by atoms with Crippen LogP contribution >= 0.6 is 0 Å². The van der Waals surface area contributed by atoms with Crippen LogP contribution in [0, 0.1) is 27.7 Å². The van der Waals surface area contributed by atoms with Gasteiger partial charge in [-0.05, 0) is 69.7 Å². The van der Waals surface area contributed by atoms with E-state index in [0.29, 0.717) is 0 Å². The van der Waals surface area contributed by atoms with Gasteiger partial charge in [0, 0.05) is 30.0 Å². The number of anilines is 3. The molecule has 4 heteroatoms. The quantitative estimate of drug-likeness (QED) is 0.282. The summed E-state index contributed by atoms with van der Waals surface area (Å²) in [7, 11) is 0. The third kappa shape index (κ3) is 4.60. The maximum Gasteiger partial charge on any atom is 0.232 e. The highest BCUT2D eigenvalue weighted by molar-refractivity contribution is 5.69. The van der Waals surface area contributed by atoms with Crippen LogP contribution in [-0.2, 0) is 12.8 Å². The molecule has 1 atom stereocenters. The maximum absolute atomic E-state index is 5.28. The minimum Gasteiger partial charge on any atom is -0.348 e. The molecular formula is C32H36N4. The van der Waals surface area contributed by atoms with Gasteiger partial charge in [0.05, 0.1) is 6.04 Å². The first-order valence-electron chi connectivity index (χ1n) is 13.0. The molecule has 3 aromatic carbocycles. The Morgan fingerprint density at radius 3 is 2.14 bits per heavy atom. The minimum absolute atomic E-state index is 0.218. The summed E-state index contributed by atoms with van der Waals surface area (Å²) >= 11 is 0. The van der Waals surface area contributed by atoms with E-state index in [0.717, 1.165) is 43.4 Å². The average Bonchev–Trinajstić information content (AvgIpc) is 3.30. The fraction of sp³-hybridized carbons (Fsp3) is 0.312. The molecule has 0 amide bonds. The third-order valence-electron chi connectivity index (χ3n) is 7.35. The van der Waals surface area contributed by atoms with E-state index in [1.807, 2.05) is 0 Å². The van der Waals surface area contributed by atoms with Crippen LogP contribution in [0.1, 0.15) is 52.0 Å². The first-order chi connectivity index (χ1) is 17.5. The highest BCUT2D eigenvalue weighted by atomic mass is 15.3. The molecule has 2 heterocycles. The molecule has 0 N–H and O–H groups in total. The van der Waals surface area contributed by atoms with Gasteiger partial charge in [-0.2, -0.15) is 4.98 Å². The van der Waals surface area contributed by atoms with Crippen LogP contribution in [-0.4, -0.2) is 23.1 Å². The Morgan fingerprint density at radius 2 is 1.50 bits per heavy atom. The van der Waals surface area contributed by atoms with Crippen LogP contribution in [0.2, 0.25) is 0 Å². The number of hydrogen-bond acceptors (Lipinski definition) is 4. The second-order valence-corrected chi connectivity index (χ2v) is 9.96. The molecule has 4 aromatic rings. The van der Waals surface area contributed by atoms with E-state index in [4.69, 9.17) is 9.97 Å². The predicted octanol–water partition coefficient (Wildman–Crippen LogP) is 7.21. The van der Waals surface area contributed by atoms with Crippen molar-refractivity contribution in [2.75, 3.05) is 22.9 Å². The highest BCUT2D eigenvalue weighted by Crippen LogP contribution is 2.39. The first kappa shape index (κ1) is 24.1. The smallest absolute Gasteiger partial charge is 0.232 e. The van der Waals surface area contributed by atoms with E-state index in [1.54, 1.807) is 0 Å². The van der Waals surface area contributed by atoms with Crippen molar-refractivity contribution in [2.45, 2.75) is 53.5 Å². The normalized spacial score (nSPS) is 13.5. The number of aryl methyl sites for hydroxylation is 4. The van der Waals surface area contributed by atoms with Crippen molar-refractivity contribution in [3.63, 3.8) is 0 Å². The molecule has 1 aromatic heterocycles. The zero-order valence-electron chi connectivity index (χ0n) is 22.1. The van der Waals surface area contributed by atoms with Crippen molar-refractivity contribution < 1.29 is 0 Å². The van der Waals surface area contributed by atoms with Crippen LogP contribution < -0.4 is 9.80 Å². The summed E-state index contributed by atoms with van der Waals surface area (Å²) in [5.41, 5.74) is 10.1. The molecular weight excluding hydrogens is 440 g/mol. The Morgan fingerprint density at radius 1 is 0.861 bits per heavy atom. The second-order valence-electron chi connectivity index (χ2n) is 9.96. The van der Waals surface area contributed by atoms with Gasteiger partial charge in [0.25, 0.3) is 0 Å². The number of benzene rings is 3. The molecule has 0 saturated heterocycles. The van der Waals surface area contributed by atoms with Crippen LogP contribution in [0.25, 0.3) is 0 Å². The van der Waals surface area contributed by atoms with Gasteiger partial charge in [-0.3, -0.25) is 0 Å². The highest BCUT2D eigenvalue weighted by Gasteiger charge is 2.32. The summed E-state index contributed by atoms with van der Waals surface area (Å²) in [5.74, 6) is 1.88. The lowest BCUT2D eigenvalue weighted by Gasteiger charge is -2.32. The Bertz CT molecular complexity index is 1320. The number of nitrogens with zero attached hydrogens (tertiary/aromatic N) is 4. The fourth-order valence-electron chi connectivity index (χ4n) is 5.78. The van der Waals surface area contributed by atoms with Gasteiger partial charge in [0.2, 0.25) is 5.95 Å². The minimum atomic E-state index is 0.218. The van der Waals surface area contributed by atoms with E-state index in [2.05, 4.69) is 117 Å². The van der Waals surface area contributed by atoms with E-state index in [-0.39, 0.29) is 6.04 Å². The summed E-state index contributed by atoms with van der Waals surface area (Å²) in [6.45, 7) is 12.6. The van der Waals surface area contributed by atoms with Crippen LogP contribution in [0.15, 0.2) is 72.8 Å². The molecule has 1 aliphatic heterocycles. The van der Waals surface area contributed by atoms with E-state index in [9.17, 15) is 0 Å². The summed E-state index contributed by atoms with van der Waals surface area (Å²) in [6.07, 6.45) is 1.92. The van der Waals surface area contributed by atoms with Crippen molar-refractivity contribution in [1.82, 2.24) is 9.97 Å². The Labute approximate surface area is 215 Å². The van der Waals surface area contributed by atoms with Crippen molar-refractivity contribution in [3.05, 3.63) is 112 Å².